The van der Waals surface area contributed by atoms with Gasteiger partial charge >= 0.3 is 0 Å². The Morgan fingerprint density at radius 3 is 1.92 bits per heavy atom. The van der Waals surface area contributed by atoms with Crippen LogP contribution < -0.4 is 15.4 Å². The lowest BCUT2D eigenvalue weighted by Gasteiger charge is -2.34. The summed E-state index contributed by atoms with van der Waals surface area (Å²) >= 11 is 5.61. The smallest absolute Gasteiger partial charge is 0.203 e. The average molecular weight is 348 g/mol. The summed E-state index contributed by atoms with van der Waals surface area (Å²) in [6.45, 7) is 0. The normalized spacial score (nSPS) is 16.9. The Labute approximate surface area is 159 Å². The molecule has 3 aromatic rings. The summed E-state index contributed by atoms with van der Waals surface area (Å²) < 4.78 is 40.3. The Hall–Kier alpha value is -3.18. The molecule has 0 bridgehead atoms. The maximum Gasteiger partial charge on any atom is 0.222 e. The lowest BCUT2D eigenvalue weighted by atomic mass is 10.2. The van der Waals surface area contributed by atoms with Gasteiger partial charge in [-0.25, -0.2) is 10.0 Å². The highest BCUT2D eigenvalue weighted by Crippen LogP contribution is 2.24. The minimum Gasteiger partial charge on any atom is -0.203 e. The van der Waals surface area contributed by atoms with E-state index in [2.05, 4.69) is 10.5 Å². The molecule has 25 heavy (non-hydrogen) atoms. The molecule has 0 saturated carbocycles. The predicted octanol–water partition coefficient (Wildman–Crippen LogP) is 4.18. The third kappa shape index (κ3) is 3.09. The monoisotopic (exact) mass is 348 g/mol. The molecule has 1 heterocycles. The molecule has 0 N–H and O–H groups in total. The van der Waals surface area contributed by atoms with Crippen LogP contribution in [0.2, 0.25) is 0 Å². The van der Waals surface area contributed by atoms with Gasteiger partial charge in [-0.15, -0.1) is 10.5 Å². The topological polar surface area (TPSA) is 32.9 Å². The van der Waals surface area contributed by atoms with E-state index in [1.165, 1.54) is 10.0 Å². The van der Waals surface area contributed by atoms with Gasteiger partial charge in [-0.2, -0.15) is 0 Å². The summed E-state index contributed by atoms with van der Waals surface area (Å²) in [4.78, 5) is 0. The van der Waals surface area contributed by atoms with E-state index in [-0.39, 0.29) is 28.6 Å². The zero-order valence-electron chi connectivity index (χ0n) is 18.0. The summed E-state index contributed by atoms with van der Waals surface area (Å²) in [7, 11) is 0. The zero-order chi connectivity index (χ0) is 21.4. The molecule has 4 rings (SSSR count). The van der Waals surface area contributed by atoms with Crippen LogP contribution in [0.1, 0.15) is 12.4 Å². The Morgan fingerprint density at radius 2 is 1.32 bits per heavy atom. The number of nitrogens with zero attached hydrogens (tertiary/aromatic N) is 4. The molecule has 0 unspecified atom stereocenters. The van der Waals surface area contributed by atoms with E-state index in [1.807, 2.05) is 60.7 Å². The maximum absolute atomic E-state index is 8.28. The van der Waals surface area contributed by atoms with Crippen molar-refractivity contribution in [1.29, 1.82) is 0 Å². The average Bonchev–Trinajstić information content (AvgIpc) is 2.78. The van der Waals surface area contributed by atoms with Crippen molar-refractivity contribution in [2.45, 2.75) is 0 Å². The second-order valence-corrected chi connectivity index (χ2v) is 5.47. The molecular weight excluding hydrogens is 328 g/mol. The van der Waals surface area contributed by atoms with Crippen LogP contribution in [0.5, 0.6) is 0 Å². The number of rotatable bonds is 3. The molecule has 0 atom stereocenters. The molecule has 0 spiro atoms. The molecule has 5 heteroatoms. The molecule has 1 aliphatic heterocycles. The third-order valence-electron chi connectivity index (χ3n) is 3.48. The fourth-order valence-electron chi connectivity index (χ4n) is 2.32. The highest BCUT2D eigenvalue weighted by molar-refractivity contribution is 7.80. The molecule has 3 aromatic carbocycles. The van der Waals surface area contributed by atoms with Gasteiger partial charge in [-0.1, -0.05) is 66.6 Å². The van der Waals surface area contributed by atoms with Crippen LogP contribution in [0.15, 0.2) is 96.0 Å². The van der Waals surface area contributed by atoms with Crippen molar-refractivity contribution in [3.8, 4) is 0 Å². The van der Waals surface area contributed by atoms with Crippen LogP contribution in [0.3, 0.4) is 0 Å². The number of thiocarbonyl (C=S) groups is 1. The first-order chi connectivity index (χ1) is 14.4. The van der Waals surface area contributed by atoms with E-state index in [1.54, 1.807) is 0 Å². The fraction of sp³-hybridized carbons (Fsp3) is 0. The van der Waals surface area contributed by atoms with Crippen molar-refractivity contribution in [2.75, 3.05) is 10.0 Å². The number of hydrazone groups is 1. The first kappa shape index (κ1) is 10.6. The minimum absolute atomic E-state index is 0.0340. The molecule has 4 nitrogen and oxygen atoms in total. The van der Waals surface area contributed by atoms with Crippen LogP contribution >= 0.6 is 12.2 Å². The van der Waals surface area contributed by atoms with Crippen LogP contribution in [-0.2, 0) is 0 Å². The second kappa shape index (κ2) is 6.75. The number of hydrogen-bond donors (Lipinski definition) is 0. The molecule has 0 aromatic heterocycles. The Morgan fingerprint density at radius 1 is 0.760 bits per heavy atom. The van der Waals surface area contributed by atoms with Crippen LogP contribution in [0.4, 0.5) is 11.4 Å². The number of benzene rings is 3. The number of anilines is 2. The predicted molar refractivity (Wildman–Crippen MR) is 106 cm³/mol. The maximum atomic E-state index is 8.28. The Bertz CT molecular complexity index is 1130. The quantitative estimate of drug-likeness (QED) is 0.666. The van der Waals surface area contributed by atoms with Crippen molar-refractivity contribution in [2.24, 2.45) is 5.10 Å². The van der Waals surface area contributed by atoms with Gasteiger partial charge in [0.2, 0.25) is 5.11 Å². The van der Waals surface area contributed by atoms with Crippen molar-refractivity contribution >= 4 is 34.5 Å². The summed E-state index contributed by atoms with van der Waals surface area (Å²) in [5.74, 6) is -0.0340. The van der Waals surface area contributed by atoms with Crippen LogP contribution in [0, 0.1) is 0 Å². The van der Waals surface area contributed by atoms with Crippen molar-refractivity contribution in [3.05, 3.63) is 96.4 Å². The molecule has 0 aliphatic carbocycles. The van der Waals surface area contributed by atoms with Gasteiger partial charge in [0.1, 0.15) is 0 Å². The van der Waals surface area contributed by atoms with Gasteiger partial charge in [0.25, 0.3) is 0 Å². The highest BCUT2D eigenvalue weighted by atomic mass is 32.1. The first-order valence-corrected chi connectivity index (χ1v) is 7.93. The largest absolute Gasteiger partial charge is 0.222 e. The Kier molecular flexibility index (Phi) is 2.87. The third-order valence-corrected chi connectivity index (χ3v) is 3.82. The zero-order valence-corrected chi connectivity index (χ0v) is 13.8. The standard InChI is InChI=1S/C20H15N4S/c25-20-23(17-12-6-2-7-13-17)21-19(16-10-4-1-5-11-16)22-24(20)18-14-8-3-9-15-18/h1-15H/i1D,4D,5D,10D,11D. The van der Waals surface area contributed by atoms with Crippen molar-refractivity contribution in [1.82, 2.24) is 5.43 Å². The van der Waals surface area contributed by atoms with Crippen molar-refractivity contribution in [3.63, 3.8) is 0 Å². The molecule has 1 aliphatic rings. The van der Waals surface area contributed by atoms with Crippen LogP contribution in [0.25, 0.3) is 0 Å². The minimum atomic E-state index is -0.472. The number of amidine groups is 1. The van der Waals surface area contributed by atoms with E-state index in [4.69, 9.17) is 19.1 Å². The number of para-hydroxylation sites is 2. The van der Waals surface area contributed by atoms with E-state index >= 15 is 0 Å². The van der Waals surface area contributed by atoms with E-state index in [0.717, 1.165) is 0 Å². The van der Waals surface area contributed by atoms with E-state index < -0.39 is 18.1 Å². The summed E-state index contributed by atoms with van der Waals surface area (Å²) in [5, 5.41) is 7.64. The van der Waals surface area contributed by atoms with Gasteiger partial charge in [0.05, 0.1) is 18.2 Å². The molecule has 121 valence electrons. The van der Waals surface area contributed by atoms with Gasteiger partial charge in [0, 0.05) is 5.56 Å². The van der Waals surface area contributed by atoms with Crippen molar-refractivity contribution < 1.29 is 6.85 Å². The van der Waals surface area contributed by atoms with E-state index in [0.29, 0.717) is 11.4 Å². The molecular formula is C20H15N4S. The van der Waals surface area contributed by atoms with Gasteiger partial charge < -0.3 is 0 Å². The molecule has 0 fully saturated rings. The first-order valence-electron chi connectivity index (χ1n) is 10.0. The van der Waals surface area contributed by atoms with Gasteiger partial charge in [-0.05, 0) is 36.5 Å². The summed E-state index contributed by atoms with van der Waals surface area (Å²) in [6, 6.07) is 16.1. The van der Waals surface area contributed by atoms with Crippen LogP contribution in [-0.4, -0.2) is 10.9 Å². The lowest BCUT2D eigenvalue weighted by Crippen LogP contribution is -2.52. The summed E-state index contributed by atoms with van der Waals surface area (Å²) in [5.41, 5.74) is 5.66. The highest BCUT2D eigenvalue weighted by Gasteiger charge is 2.28. The lowest BCUT2D eigenvalue weighted by molar-refractivity contribution is 0.876. The van der Waals surface area contributed by atoms with E-state index in [9.17, 15) is 0 Å². The Balaban J connectivity index is 1.92. The van der Waals surface area contributed by atoms with Gasteiger partial charge in [0.15, 0.2) is 5.84 Å². The summed E-state index contributed by atoms with van der Waals surface area (Å²) in [6.07, 6.45) is 0. The SMILES string of the molecule is [2H]c1c([2H])c([2H])c(C2=NN(c3ccccc3)C(=S)N(c3ccccc3)[N]2)c([2H])c1[2H]. The second-order valence-electron chi connectivity index (χ2n) is 5.10. The van der Waals surface area contributed by atoms with Gasteiger partial charge in [-0.3, -0.25) is 0 Å². The number of hydrogen-bond acceptors (Lipinski definition) is 2. The molecule has 0 amide bonds. The molecule has 0 saturated heterocycles. The fourth-order valence-corrected chi connectivity index (χ4v) is 2.61. The molecule has 1 radical (unpaired) electrons.